The van der Waals surface area contributed by atoms with Gasteiger partial charge in [-0.05, 0) is 27.2 Å². The molecule has 0 saturated heterocycles. The molecule has 0 radical (unpaired) electrons. The van der Waals surface area contributed by atoms with Crippen molar-refractivity contribution in [1.82, 2.24) is 10.6 Å². The van der Waals surface area contributed by atoms with E-state index in [4.69, 9.17) is 18.0 Å². The van der Waals surface area contributed by atoms with E-state index in [9.17, 15) is 9.59 Å². The lowest BCUT2D eigenvalue weighted by molar-refractivity contribution is -0.124. The van der Waals surface area contributed by atoms with Gasteiger partial charge >= 0.3 is 0 Å². The number of hydrogen-bond donors (Lipinski definition) is 3. The molecule has 110 valence electrons. The van der Waals surface area contributed by atoms with Crippen LogP contribution >= 0.6 is 12.2 Å². The molecular formula is C13H25N3O2S. The van der Waals surface area contributed by atoms with Crippen LogP contribution in [-0.4, -0.2) is 28.9 Å². The van der Waals surface area contributed by atoms with Crippen LogP contribution in [0, 0.1) is 5.92 Å². The summed E-state index contributed by atoms with van der Waals surface area (Å²) in [7, 11) is 0. The SMILES string of the molecule is CCCC(C(=O)NCCC(=O)NC(C)(C)C)C(N)=S. The van der Waals surface area contributed by atoms with Crippen LogP contribution in [0.4, 0.5) is 0 Å². The van der Waals surface area contributed by atoms with E-state index >= 15 is 0 Å². The molecule has 0 bridgehead atoms. The molecule has 2 amide bonds. The smallest absolute Gasteiger partial charge is 0.229 e. The highest BCUT2D eigenvalue weighted by Gasteiger charge is 2.20. The van der Waals surface area contributed by atoms with Gasteiger partial charge in [-0.3, -0.25) is 9.59 Å². The Morgan fingerprint density at radius 3 is 2.32 bits per heavy atom. The first-order valence-electron chi connectivity index (χ1n) is 6.55. The van der Waals surface area contributed by atoms with Gasteiger partial charge in [-0.25, -0.2) is 0 Å². The normalized spacial score (nSPS) is 12.6. The van der Waals surface area contributed by atoms with Gasteiger partial charge in [-0.15, -0.1) is 0 Å². The lowest BCUT2D eigenvalue weighted by atomic mass is 10.0. The van der Waals surface area contributed by atoms with Crippen LogP contribution < -0.4 is 16.4 Å². The van der Waals surface area contributed by atoms with E-state index in [1.807, 2.05) is 27.7 Å². The largest absolute Gasteiger partial charge is 0.393 e. The lowest BCUT2D eigenvalue weighted by Crippen LogP contribution is -2.43. The molecule has 0 spiro atoms. The Kier molecular flexibility index (Phi) is 7.59. The standard InChI is InChI=1S/C13H25N3O2S/c1-5-6-9(11(14)19)12(18)15-8-7-10(17)16-13(2,3)4/h9H,5-8H2,1-4H3,(H2,14,19)(H,15,18)(H,16,17). The molecule has 19 heavy (non-hydrogen) atoms. The van der Waals surface area contributed by atoms with Gasteiger partial charge in [0, 0.05) is 18.5 Å². The topological polar surface area (TPSA) is 84.2 Å². The molecule has 0 aromatic rings. The molecule has 0 fully saturated rings. The molecule has 0 rings (SSSR count). The zero-order valence-electron chi connectivity index (χ0n) is 12.2. The fourth-order valence-corrected chi connectivity index (χ4v) is 1.82. The van der Waals surface area contributed by atoms with E-state index in [1.165, 1.54) is 0 Å². The highest BCUT2D eigenvalue weighted by molar-refractivity contribution is 7.80. The summed E-state index contributed by atoms with van der Waals surface area (Å²) in [5.74, 6) is -0.723. The molecule has 0 aliphatic carbocycles. The molecule has 5 nitrogen and oxygen atoms in total. The van der Waals surface area contributed by atoms with Crippen molar-refractivity contribution in [3.05, 3.63) is 0 Å². The number of hydrogen-bond acceptors (Lipinski definition) is 3. The molecule has 0 saturated carbocycles. The molecule has 0 aromatic carbocycles. The van der Waals surface area contributed by atoms with Gasteiger partial charge in [0.2, 0.25) is 11.8 Å². The van der Waals surface area contributed by atoms with Crippen molar-refractivity contribution in [2.75, 3.05) is 6.54 Å². The van der Waals surface area contributed by atoms with Crippen molar-refractivity contribution in [2.45, 2.75) is 52.5 Å². The van der Waals surface area contributed by atoms with Crippen LogP contribution in [0.1, 0.15) is 47.0 Å². The van der Waals surface area contributed by atoms with Crippen molar-refractivity contribution in [3.63, 3.8) is 0 Å². The summed E-state index contributed by atoms with van der Waals surface area (Å²) >= 11 is 4.87. The molecule has 0 aromatic heterocycles. The molecule has 0 heterocycles. The summed E-state index contributed by atoms with van der Waals surface area (Å²) in [4.78, 5) is 23.6. The van der Waals surface area contributed by atoms with E-state index in [0.29, 0.717) is 13.0 Å². The molecular weight excluding hydrogens is 262 g/mol. The van der Waals surface area contributed by atoms with Crippen LogP contribution in [0.15, 0.2) is 0 Å². The highest BCUT2D eigenvalue weighted by atomic mass is 32.1. The third-order valence-electron chi connectivity index (χ3n) is 2.40. The molecule has 0 aliphatic heterocycles. The van der Waals surface area contributed by atoms with Gasteiger partial charge < -0.3 is 16.4 Å². The van der Waals surface area contributed by atoms with Crippen molar-refractivity contribution >= 4 is 29.0 Å². The summed E-state index contributed by atoms with van der Waals surface area (Å²) in [6.07, 6.45) is 1.72. The van der Waals surface area contributed by atoms with Crippen LogP contribution in [0.2, 0.25) is 0 Å². The van der Waals surface area contributed by atoms with Gasteiger partial charge in [0.15, 0.2) is 0 Å². The first-order chi connectivity index (χ1) is 8.67. The Morgan fingerprint density at radius 1 is 1.32 bits per heavy atom. The maximum atomic E-state index is 11.8. The fraction of sp³-hybridized carbons (Fsp3) is 0.769. The average Bonchev–Trinajstić information content (AvgIpc) is 2.22. The van der Waals surface area contributed by atoms with E-state index in [-0.39, 0.29) is 28.8 Å². The summed E-state index contributed by atoms with van der Waals surface area (Å²) in [6, 6.07) is 0. The second kappa shape index (κ2) is 8.09. The predicted octanol–water partition coefficient (Wildman–Crippen LogP) is 1.11. The van der Waals surface area contributed by atoms with E-state index < -0.39 is 5.92 Å². The second-order valence-electron chi connectivity index (χ2n) is 5.58. The average molecular weight is 287 g/mol. The van der Waals surface area contributed by atoms with Crippen LogP contribution in [0.5, 0.6) is 0 Å². The first-order valence-corrected chi connectivity index (χ1v) is 6.96. The number of carbonyl (C=O) groups excluding carboxylic acids is 2. The predicted molar refractivity (Wildman–Crippen MR) is 80.7 cm³/mol. The minimum atomic E-state index is -0.439. The minimum Gasteiger partial charge on any atom is -0.393 e. The van der Waals surface area contributed by atoms with Crippen molar-refractivity contribution in [1.29, 1.82) is 0 Å². The molecule has 1 unspecified atom stereocenters. The number of thiocarbonyl (C=S) groups is 1. The Morgan fingerprint density at radius 2 is 1.89 bits per heavy atom. The second-order valence-corrected chi connectivity index (χ2v) is 6.05. The van der Waals surface area contributed by atoms with Gasteiger partial charge in [0.05, 0.1) is 10.9 Å². The number of rotatable bonds is 7. The van der Waals surface area contributed by atoms with E-state index in [2.05, 4.69) is 10.6 Å². The van der Waals surface area contributed by atoms with Crippen molar-refractivity contribution in [2.24, 2.45) is 11.7 Å². The summed E-state index contributed by atoms with van der Waals surface area (Å²) in [5.41, 5.74) is 5.27. The maximum absolute atomic E-state index is 11.8. The van der Waals surface area contributed by atoms with Crippen molar-refractivity contribution in [3.8, 4) is 0 Å². The summed E-state index contributed by atoms with van der Waals surface area (Å²) in [5, 5.41) is 5.53. The molecule has 0 aliphatic rings. The Balaban J connectivity index is 4.09. The Bertz CT molecular complexity index is 337. The summed E-state index contributed by atoms with van der Waals surface area (Å²) in [6.45, 7) is 7.99. The van der Waals surface area contributed by atoms with Crippen LogP contribution in [0.3, 0.4) is 0 Å². The lowest BCUT2D eigenvalue weighted by Gasteiger charge is -2.20. The zero-order chi connectivity index (χ0) is 15.1. The maximum Gasteiger partial charge on any atom is 0.229 e. The fourth-order valence-electron chi connectivity index (χ4n) is 1.59. The number of nitrogens with one attached hydrogen (secondary N) is 2. The third kappa shape index (κ3) is 8.53. The number of nitrogens with two attached hydrogens (primary N) is 1. The number of carbonyl (C=O) groups is 2. The minimum absolute atomic E-state index is 0.0878. The van der Waals surface area contributed by atoms with Gasteiger partial charge in [-0.2, -0.15) is 0 Å². The zero-order valence-corrected chi connectivity index (χ0v) is 13.0. The van der Waals surface area contributed by atoms with E-state index in [1.54, 1.807) is 0 Å². The van der Waals surface area contributed by atoms with Gasteiger partial charge in [0.25, 0.3) is 0 Å². The number of amides is 2. The van der Waals surface area contributed by atoms with E-state index in [0.717, 1.165) is 6.42 Å². The quantitative estimate of drug-likeness (QED) is 0.612. The van der Waals surface area contributed by atoms with Crippen LogP contribution in [0.25, 0.3) is 0 Å². The summed E-state index contributed by atoms with van der Waals surface area (Å²) < 4.78 is 0. The molecule has 1 atom stereocenters. The third-order valence-corrected chi connectivity index (χ3v) is 2.69. The van der Waals surface area contributed by atoms with Gasteiger partial charge in [0.1, 0.15) is 0 Å². The molecule has 6 heteroatoms. The van der Waals surface area contributed by atoms with Gasteiger partial charge in [-0.1, -0.05) is 25.6 Å². The first kappa shape index (κ1) is 17.8. The van der Waals surface area contributed by atoms with Crippen LogP contribution in [-0.2, 0) is 9.59 Å². The monoisotopic (exact) mass is 287 g/mol. The Labute approximate surface area is 120 Å². The molecule has 4 N–H and O–H groups in total. The van der Waals surface area contributed by atoms with Crippen molar-refractivity contribution < 1.29 is 9.59 Å². The highest BCUT2D eigenvalue weighted by Crippen LogP contribution is 2.07. The Hall–Kier alpha value is -1.17.